The number of sulfonamides is 1. The zero-order valence-electron chi connectivity index (χ0n) is 21.7. The SMILES string of the molecule is Cc1ccc(S(=O)(=O)N(CC(=O)NCc2ccc(CN3CCCCC3)cc2)c2cccc(C(F)(F)F)c2)cc1. The Morgan fingerprint density at radius 3 is 2.21 bits per heavy atom. The monoisotopic (exact) mass is 559 g/mol. The number of benzene rings is 3. The van der Waals surface area contributed by atoms with E-state index in [4.69, 9.17) is 0 Å². The minimum atomic E-state index is -4.67. The molecule has 3 aromatic carbocycles. The molecule has 0 saturated carbocycles. The third kappa shape index (κ3) is 7.60. The number of halogens is 3. The van der Waals surface area contributed by atoms with Crippen molar-refractivity contribution in [1.29, 1.82) is 0 Å². The summed E-state index contributed by atoms with van der Waals surface area (Å²) >= 11 is 0. The van der Waals surface area contributed by atoms with Crippen LogP contribution in [-0.4, -0.2) is 38.9 Å². The highest BCUT2D eigenvalue weighted by molar-refractivity contribution is 7.92. The number of nitrogens with one attached hydrogen (secondary N) is 1. The van der Waals surface area contributed by atoms with Crippen LogP contribution in [0.4, 0.5) is 18.9 Å². The number of hydrogen-bond acceptors (Lipinski definition) is 4. The first-order valence-electron chi connectivity index (χ1n) is 12.9. The van der Waals surface area contributed by atoms with Gasteiger partial charge >= 0.3 is 6.18 Å². The first-order chi connectivity index (χ1) is 18.5. The van der Waals surface area contributed by atoms with Crippen molar-refractivity contribution in [2.45, 2.75) is 50.3 Å². The van der Waals surface area contributed by atoms with Gasteiger partial charge in [0.25, 0.3) is 10.0 Å². The second-order valence-electron chi connectivity index (χ2n) is 9.80. The third-order valence-electron chi connectivity index (χ3n) is 6.73. The van der Waals surface area contributed by atoms with E-state index in [0.29, 0.717) is 4.31 Å². The van der Waals surface area contributed by atoms with Crippen LogP contribution in [0.25, 0.3) is 0 Å². The van der Waals surface area contributed by atoms with E-state index in [0.717, 1.165) is 49.0 Å². The third-order valence-corrected chi connectivity index (χ3v) is 8.51. The Hall–Kier alpha value is -3.37. The summed E-state index contributed by atoms with van der Waals surface area (Å²) in [6.45, 7) is 4.32. The molecule has 0 unspecified atom stereocenters. The summed E-state index contributed by atoms with van der Waals surface area (Å²) in [6.07, 6.45) is -0.979. The maximum absolute atomic E-state index is 13.5. The van der Waals surface area contributed by atoms with Gasteiger partial charge in [-0.3, -0.25) is 14.0 Å². The lowest BCUT2D eigenvalue weighted by atomic mass is 10.1. The van der Waals surface area contributed by atoms with Gasteiger partial charge in [-0.05, 0) is 74.3 Å². The van der Waals surface area contributed by atoms with E-state index in [1.54, 1.807) is 19.1 Å². The predicted octanol–water partition coefficient (Wildman–Crippen LogP) is 5.51. The lowest BCUT2D eigenvalue weighted by molar-refractivity contribution is -0.137. The van der Waals surface area contributed by atoms with E-state index in [1.807, 2.05) is 24.3 Å². The van der Waals surface area contributed by atoms with Gasteiger partial charge in [0.1, 0.15) is 6.54 Å². The molecule has 1 aliphatic heterocycles. The fraction of sp³-hybridized carbons (Fsp3) is 0.345. The smallest absolute Gasteiger partial charge is 0.350 e. The summed E-state index contributed by atoms with van der Waals surface area (Å²) < 4.78 is 67.8. The number of nitrogens with zero attached hydrogens (tertiary/aromatic N) is 2. The highest BCUT2D eigenvalue weighted by Gasteiger charge is 2.33. The minimum Gasteiger partial charge on any atom is -0.350 e. The van der Waals surface area contributed by atoms with Gasteiger partial charge in [-0.15, -0.1) is 0 Å². The Bertz CT molecular complexity index is 1370. The normalized spacial score (nSPS) is 14.7. The molecule has 0 aliphatic carbocycles. The topological polar surface area (TPSA) is 69.7 Å². The van der Waals surface area contributed by atoms with Crippen molar-refractivity contribution >= 4 is 21.6 Å². The van der Waals surface area contributed by atoms with Crippen LogP contribution in [-0.2, 0) is 34.1 Å². The number of rotatable bonds is 9. The van der Waals surface area contributed by atoms with Gasteiger partial charge in [-0.1, -0.05) is 54.4 Å². The Balaban J connectivity index is 1.48. The number of aryl methyl sites for hydroxylation is 1. The van der Waals surface area contributed by atoms with Crippen LogP contribution in [0.5, 0.6) is 0 Å². The summed E-state index contributed by atoms with van der Waals surface area (Å²) in [5.74, 6) is -0.638. The summed E-state index contributed by atoms with van der Waals surface area (Å²) in [5, 5.41) is 2.70. The van der Waals surface area contributed by atoms with Crippen molar-refractivity contribution in [3.05, 3.63) is 95.1 Å². The molecule has 10 heteroatoms. The number of hydrogen-bond donors (Lipinski definition) is 1. The summed E-state index contributed by atoms with van der Waals surface area (Å²) in [5.41, 5.74) is 1.57. The van der Waals surface area contributed by atoms with Gasteiger partial charge in [0.2, 0.25) is 5.91 Å². The molecule has 39 heavy (non-hydrogen) atoms. The van der Waals surface area contributed by atoms with E-state index >= 15 is 0 Å². The molecule has 1 aliphatic rings. The molecule has 1 N–H and O–H groups in total. The minimum absolute atomic E-state index is 0.123. The Morgan fingerprint density at radius 1 is 0.923 bits per heavy atom. The van der Waals surface area contributed by atoms with Crippen LogP contribution in [0.15, 0.2) is 77.7 Å². The highest BCUT2D eigenvalue weighted by Crippen LogP contribution is 2.33. The van der Waals surface area contributed by atoms with Crippen LogP contribution >= 0.6 is 0 Å². The van der Waals surface area contributed by atoms with Gasteiger partial charge < -0.3 is 5.32 Å². The average molecular weight is 560 g/mol. The molecule has 0 radical (unpaired) electrons. The summed E-state index contributed by atoms with van der Waals surface area (Å²) in [7, 11) is -4.33. The predicted molar refractivity (Wildman–Crippen MR) is 145 cm³/mol. The van der Waals surface area contributed by atoms with Gasteiger partial charge in [0, 0.05) is 13.1 Å². The quantitative estimate of drug-likeness (QED) is 0.375. The highest BCUT2D eigenvalue weighted by atomic mass is 32.2. The molecule has 0 aromatic heterocycles. The first kappa shape index (κ1) is 28.6. The molecule has 4 rings (SSSR count). The van der Waals surface area contributed by atoms with Gasteiger partial charge in [-0.2, -0.15) is 13.2 Å². The Kier molecular flexibility index (Phi) is 8.97. The Morgan fingerprint density at radius 2 is 1.56 bits per heavy atom. The van der Waals surface area contributed by atoms with E-state index in [2.05, 4.69) is 10.2 Å². The van der Waals surface area contributed by atoms with Crippen molar-refractivity contribution < 1.29 is 26.4 Å². The van der Waals surface area contributed by atoms with Crippen LogP contribution in [0, 0.1) is 6.92 Å². The summed E-state index contributed by atoms with van der Waals surface area (Å²) in [6, 6.07) is 17.7. The first-order valence-corrected chi connectivity index (χ1v) is 14.3. The Labute approximate surface area is 227 Å². The molecule has 6 nitrogen and oxygen atoms in total. The largest absolute Gasteiger partial charge is 0.416 e. The van der Waals surface area contributed by atoms with Gasteiger partial charge in [0.15, 0.2) is 0 Å². The molecule has 208 valence electrons. The van der Waals surface area contributed by atoms with E-state index in [9.17, 15) is 26.4 Å². The fourth-order valence-corrected chi connectivity index (χ4v) is 5.93. The van der Waals surface area contributed by atoms with Crippen LogP contribution < -0.4 is 9.62 Å². The van der Waals surface area contributed by atoms with Crippen LogP contribution in [0.1, 0.15) is 41.5 Å². The number of amides is 1. The number of carbonyl (C=O) groups is 1. The van der Waals surface area contributed by atoms with Crippen molar-refractivity contribution in [3.63, 3.8) is 0 Å². The summed E-state index contributed by atoms with van der Waals surface area (Å²) in [4.78, 5) is 15.2. The molecule has 1 fully saturated rings. The number of piperidine rings is 1. The molecular weight excluding hydrogens is 527 g/mol. The molecule has 1 saturated heterocycles. The number of anilines is 1. The van der Waals surface area contributed by atoms with E-state index < -0.39 is 34.2 Å². The molecule has 3 aromatic rings. The molecule has 0 bridgehead atoms. The zero-order valence-corrected chi connectivity index (χ0v) is 22.6. The molecule has 0 spiro atoms. The zero-order chi connectivity index (χ0) is 28.0. The number of carbonyl (C=O) groups excluding carboxylic acids is 1. The molecule has 1 heterocycles. The maximum atomic E-state index is 13.5. The second-order valence-corrected chi connectivity index (χ2v) is 11.7. The standard InChI is InChI=1S/C29H32F3N3O3S/c1-22-8-14-27(15-9-22)39(37,38)35(26-7-5-6-25(18-26)29(30,31)32)21-28(36)33-19-23-10-12-24(13-11-23)20-34-16-3-2-4-17-34/h5-15,18H,2-4,16-17,19-21H2,1H3,(H,33,36). The van der Waals surface area contributed by atoms with Crippen LogP contribution in [0.3, 0.4) is 0 Å². The second kappa shape index (κ2) is 12.2. The molecule has 1 amide bonds. The average Bonchev–Trinajstić information content (AvgIpc) is 2.92. The maximum Gasteiger partial charge on any atom is 0.416 e. The van der Waals surface area contributed by atoms with Crippen molar-refractivity contribution in [3.8, 4) is 0 Å². The number of alkyl halides is 3. The van der Waals surface area contributed by atoms with Gasteiger partial charge in [-0.25, -0.2) is 8.42 Å². The van der Waals surface area contributed by atoms with Gasteiger partial charge in [0.05, 0.1) is 16.1 Å². The van der Waals surface area contributed by atoms with Crippen LogP contribution in [0.2, 0.25) is 0 Å². The lowest BCUT2D eigenvalue weighted by Gasteiger charge is -2.26. The fourth-order valence-electron chi connectivity index (χ4n) is 4.52. The van der Waals surface area contributed by atoms with Crippen molar-refractivity contribution in [2.24, 2.45) is 0 Å². The molecular formula is C29H32F3N3O3S. The van der Waals surface area contributed by atoms with E-state index in [-0.39, 0.29) is 17.1 Å². The lowest BCUT2D eigenvalue weighted by Crippen LogP contribution is -2.40. The van der Waals surface area contributed by atoms with Crippen molar-refractivity contribution in [1.82, 2.24) is 10.2 Å². The number of likely N-dealkylation sites (tertiary alicyclic amines) is 1. The van der Waals surface area contributed by atoms with E-state index in [1.165, 1.54) is 43.0 Å². The van der Waals surface area contributed by atoms with Crippen molar-refractivity contribution in [2.75, 3.05) is 23.9 Å². The molecule has 0 atom stereocenters.